The van der Waals surface area contributed by atoms with Gasteiger partial charge in [-0.05, 0) is 21.5 Å². The summed E-state index contributed by atoms with van der Waals surface area (Å²) >= 11 is 1.69. The maximum atomic E-state index is 2.35. The van der Waals surface area contributed by atoms with Crippen LogP contribution in [-0.4, -0.2) is 5.43 Å². The molecule has 0 radical (unpaired) electrons. The van der Waals surface area contributed by atoms with Crippen LogP contribution in [0.2, 0.25) is 6.55 Å². The van der Waals surface area contributed by atoms with Gasteiger partial charge >= 0.3 is 70.8 Å². The molecule has 3 heteroatoms. The van der Waals surface area contributed by atoms with E-state index < -0.39 is 0 Å². The molecule has 0 saturated carbocycles. The van der Waals surface area contributed by atoms with Crippen LogP contribution in [0.5, 0.6) is 0 Å². The van der Waals surface area contributed by atoms with Crippen LogP contribution in [0, 0.1) is 13.8 Å². The summed E-state index contributed by atoms with van der Waals surface area (Å²) in [6, 6.07) is 54.0. The molecule has 0 saturated heterocycles. The fourth-order valence-corrected chi connectivity index (χ4v) is 7.02. The van der Waals surface area contributed by atoms with Crippen molar-refractivity contribution < 1.29 is 35.7 Å². The molecule has 0 heterocycles. The van der Waals surface area contributed by atoms with E-state index in [0.717, 1.165) is 0 Å². The topological polar surface area (TPSA) is 0 Å². The summed E-state index contributed by atoms with van der Waals surface area (Å²) in [6.45, 7) is 6.61. The first-order valence-electron chi connectivity index (χ1n) is 14.0. The molecule has 0 N–H and O–H groups in total. The average Bonchev–Trinajstić information content (AvgIpc) is 3.65. The van der Waals surface area contributed by atoms with Crippen LogP contribution in [0.4, 0.5) is 0 Å². The van der Waals surface area contributed by atoms with Crippen LogP contribution >= 0.6 is 0 Å². The van der Waals surface area contributed by atoms with Gasteiger partial charge in [0.25, 0.3) is 0 Å². The summed E-state index contributed by atoms with van der Waals surface area (Å²) in [7, 11) is 0. The molecule has 7 aromatic rings. The summed E-state index contributed by atoms with van der Waals surface area (Å²) in [5.74, 6) is 0. The molecular formula is C39H34ClSiZr-3. The summed E-state index contributed by atoms with van der Waals surface area (Å²) in [5.41, 5.74) is 7.80. The first kappa shape index (κ1) is 31.6. The van der Waals surface area contributed by atoms with Crippen molar-refractivity contribution in [3.05, 3.63) is 163 Å². The van der Waals surface area contributed by atoms with Gasteiger partial charge in [-0.3, -0.25) is 0 Å². The van der Waals surface area contributed by atoms with Crippen molar-refractivity contribution >= 4 is 32.2 Å². The van der Waals surface area contributed by atoms with Gasteiger partial charge in [0.15, 0.2) is 0 Å². The quantitative estimate of drug-likeness (QED) is 0.140. The summed E-state index contributed by atoms with van der Waals surface area (Å²) in [4.78, 5) is 0. The summed E-state index contributed by atoms with van der Waals surface area (Å²) < 4.78 is 0. The molecule has 0 unspecified atom stereocenters. The Kier molecular flexibility index (Phi) is 11.5. The van der Waals surface area contributed by atoms with Crippen LogP contribution in [0.15, 0.2) is 152 Å². The smallest absolute Gasteiger partial charge is 0.0189 e. The van der Waals surface area contributed by atoms with Gasteiger partial charge in [0, 0.05) is 0 Å². The molecular weight excluding hydrogens is 623 g/mol. The molecule has 208 valence electrons. The predicted molar refractivity (Wildman–Crippen MR) is 177 cm³/mol. The van der Waals surface area contributed by atoms with Gasteiger partial charge in [-0.15, -0.1) is 0 Å². The Balaban J connectivity index is 0.000000149. The number of hydrogen-bond donors (Lipinski definition) is 0. The van der Waals surface area contributed by atoms with Crippen LogP contribution in [-0.2, 0) is 23.3 Å². The Morgan fingerprint density at radius 1 is 0.524 bits per heavy atom. The average molecular weight is 657 g/mol. The third-order valence-corrected chi connectivity index (χ3v) is 10.6. The van der Waals surface area contributed by atoms with Crippen molar-refractivity contribution in [2.24, 2.45) is 0 Å². The fourth-order valence-electron chi connectivity index (χ4n) is 5.10. The molecule has 42 heavy (non-hydrogen) atoms. The van der Waals surface area contributed by atoms with E-state index in [-0.39, 0.29) is 17.8 Å². The second-order valence-corrected chi connectivity index (χ2v) is 17.8. The molecule has 0 aliphatic carbocycles. The van der Waals surface area contributed by atoms with Gasteiger partial charge in [0.1, 0.15) is 0 Å². The molecule has 0 nitrogen and oxygen atoms in total. The molecule has 0 aliphatic rings. The third kappa shape index (κ3) is 7.96. The molecule has 0 amide bonds. The minimum Gasteiger partial charge on any atom is -1.00 e. The molecule has 0 bridgehead atoms. The number of rotatable bonds is 3. The van der Waals surface area contributed by atoms with Crippen molar-refractivity contribution in [3.8, 4) is 22.3 Å². The number of aryl methyl sites for hydroxylation is 2. The van der Waals surface area contributed by atoms with Crippen LogP contribution in [0.1, 0.15) is 11.1 Å². The minimum absolute atomic E-state index is 0. The Morgan fingerprint density at radius 3 is 1.31 bits per heavy atom. The Labute approximate surface area is 271 Å². The standard InChI is InChI=1S/2C16H13.C7H8Si.ClH.Zr/c2*1-12-9-10-14(11-12)16-8-4-6-13-5-2-3-7-15(13)16;1-8-7-5-3-2-4-6-7;;/h2*2-11H,1H3;2-6H,1H3;1H;/q2*-1;;;/p-1. The first-order chi connectivity index (χ1) is 20.0. The number of fused-ring (bicyclic) bond motifs is 2. The molecule has 0 spiro atoms. The first-order valence-corrected chi connectivity index (χ1v) is 19.7. The van der Waals surface area contributed by atoms with Crippen molar-refractivity contribution in [3.63, 3.8) is 0 Å². The van der Waals surface area contributed by atoms with Gasteiger partial charge in [0.05, 0.1) is 0 Å². The molecule has 0 fully saturated rings. The minimum atomic E-state index is -0.122. The predicted octanol–water partition coefficient (Wildman–Crippen LogP) is 7.13. The SMILES string of the molecule is C[Si](=[Zr])c1ccccc1.Cc1cc(-c2cccc3ccccc23)c[cH-]1.Cc1cc(-c2cccc3ccccc23)c[cH-]1.[Cl-]. The second kappa shape index (κ2) is 15.3. The van der Waals surface area contributed by atoms with E-state index in [1.165, 1.54) is 54.9 Å². The largest absolute Gasteiger partial charge is 1.00 e. The number of halogens is 1. The second-order valence-electron chi connectivity index (χ2n) is 10.4. The maximum Gasteiger partial charge on any atom is -0.0189 e. The van der Waals surface area contributed by atoms with E-state index in [1.807, 2.05) is 0 Å². The zero-order valence-corrected chi connectivity index (χ0v) is 28.5. The fraction of sp³-hybridized carbons (Fsp3) is 0.0769. The van der Waals surface area contributed by atoms with E-state index in [9.17, 15) is 0 Å². The van der Waals surface area contributed by atoms with E-state index in [0.29, 0.717) is 0 Å². The zero-order valence-electron chi connectivity index (χ0n) is 24.3. The van der Waals surface area contributed by atoms with Gasteiger partial charge in [-0.1, -0.05) is 110 Å². The number of hydrogen-bond acceptors (Lipinski definition) is 0. The van der Waals surface area contributed by atoms with Gasteiger partial charge in [-0.2, -0.15) is 46.5 Å². The van der Waals surface area contributed by atoms with Crippen LogP contribution in [0.3, 0.4) is 0 Å². The summed E-state index contributed by atoms with van der Waals surface area (Å²) in [6.07, 6.45) is 0. The van der Waals surface area contributed by atoms with Crippen molar-refractivity contribution in [2.45, 2.75) is 20.4 Å². The molecule has 7 aromatic carbocycles. The van der Waals surface area contributed by atoms with E-state index in [4.69, 9.17) is 0 Å². The summed E-state index contributed by atoms with van der Waals surface area (Å²) in [5, 5.41) is 6.82. The third-order valence-electron chi connectivity index (χ3n) is 7.23. The Morgan fingerprint density at radius 2 is 0.929 bits per heavy atom. The van der Waals surface area contributed by atoms with Crippen molar-refractivity contribution in [2.75, 3.05) is 0 Å². The molecule has 0 aliphatic heterocycles. The Bertz CT molecular complexity index is 1770. The van der Waals surface area contributed by atoms with Gasteiger partial charge in [0.2, 0.25) is 0 Å². The zero-order chi connectivity index (χ0) is 28.6. The van der Waals surface area contributed by atoms with Crippen LogP contribution < -0.4 is 17.6 Å². The molecule has 7 rings (SSSR count). The molecule has 0 aromatic heterocycles. The normalized spacial score (nSPS) is 10.1. The molecule has 0 atom stereocenters. The van der Waals surface area contributed by atoms with E-state index in [2.05, 4.69) is 172 Å². The number of benzene rings is 5. The van der Waals surface area contributed by atoms with E-state index >= 15 is 0 Å². The van der Waals surface area contributed by atoms with Gasteiger partial charge in [-0.25, -0.2) is 12.1 Å². The van der Waals surface area contributed by atoms with Gasteiger partial charge < -0.3 is 12.4 Å². The maximum absolute atomic E-state index is 2.35. The van der Waals surface area contributed by atoms with Crippen molar-refractivity contribution in [1.29, 1.82) is 0 Å². The van der Waals surface area contributed by atoms with Crippen LogP contribution in [0.25, 0.3) is 43.8 Å². The van der Waals surface area contributed by atoms with E-state index in [1.54, 1.807) is 28.5 Å². The Hall–Kier alpha value is -3.29. The van der Waals surface area contributed by atoms with Crippen molar-refractivity contribution in [1.82, 2.24) is 0 Å². The monoisotopic (exact) mass is 655 g/mol.